The molecule has 2 atom stereocenters. The number of likely N-dealkylation sites (N-methyl/N-ethyl adjacent to an activating group) is 1. The molecule has 1 rings (SSSR count). The molecule has 2 unspecified atom stereocenters. The highest BCUT2D eigenvalue weighted by molar-refractivity contribution is 5.89. The summed E-state index contributed by atoms with van der Waals surface area (Å²) in [6.07, 6.45) is 0.273. The number of carbonyl (C=O) groups excluding carboxylic acids is 2. The number of likely N-dealkylation sites (tertiary alicyclic amines) is 1. The van der Waals surface area contributed by atoms with Crippen LogP contribution < -0.4 is 5.32 Å². The fourth-order valence-electron chi connectivity index (χ4n) is 2.41. The lowest BCUT2D eigenvalue weighted by molar-refractivity contribution is -0.129. The third kappa shape index (κ3) is 4.80. The Labute approximate surface area is 114 Å². The molecule has 0 radical (unpaired) electrons. The lowest BCUT2D eigenvalue weighted by atomic mass is 10.0. The van der Waals surface area contributed by atoms with E-state index in [-0.39, 0.29) is 30.7 Å². The van der Waals surface area contributed by atoms with Gasteiger partial charge in [0.1, 0.15) is 0 Å². The first-order valence-electron chi connectivity index (χ1n) is 6.68. The fourth-order valence-corrected chi connectivity index (χ4v) is 2.41. The van der Waals surface area contributed by atoms with Crippen molar-refractivity contribution in [3.8, 4) is 0 Å². The van der Waals surface area contributed by atoms with Gasteiger partial charge in [-0.05, 0) is 27.9 Å². The Hall–Kier alpha value is -1.14. The second-order valence-electron chi connectivity index (χ2n) is 5.79. The van der Waals surface area contributed by atoms with Gasteiger partial charge in [0.25, 0.3) is 0 Å². The van der Waals surface area contributed by atoms with Gasteiger partial charge < -0.3 is 20.2 Å². The van der Waals surface area contributed by atoms with E-state index in [1.807, 2.05) is 25.9 Å². The Kier molecular flexibility index (Phi) is 5.31. The second-order valence-corrected chi connectivity index (χ2v) is 5.79. The van der Waals surface area contributed by atoms with E-state index >= 15 is 0 Å². The maximum absolute atomic E-state index is 12.0. The number of nitrogens with one attached hydrogen (secondary N) is 1. The van der Waals surface area contributed by atoms with Crippen LogP contribution in [-0.2, 0) is 9.59 Å². The van der Waals surface area contributed by atoms with Crippen LogP contribution in [0.2, 0.25) is 0 Å². The van der Waals surface area contributed by atoms with Gasteiger partial charge in [-0.1, -0.05) is 0 Å². The molecule has 1 aliphatic heterocycles. The predicted octanol–water partition coefficient (Wildman–Crippen LogP) is -0.716. The zero-order valence-electron chi connectivity index (χ0n) is 12.3. The first-order valence-corrected chi connectivity index (χ1v) is 6.68. The maximum atomic E-state index is 12.0. The second kappa shape index (κ2) is 6.34. The van der Waals surface area contributed by atoms with Crippen molar-refractivity contribution < 1.29 is 14.7 Å². The van der Waals surface area contributed by atoms with Crippen molar-refractivity contribution in [2.24, 2.45) is 5.92 Å². The van der Waals surface area contributed by atoms with Crippen LogP contribution in [0.15, 0.2) is 0 Å². The van der Waals surface area contributed by atoms with Gasteiger partial charge in [0.05, 0.1) is 11.5 Å². The highest BCUT2D eigenvalue weighted by atomic mass is 16.3. The molecule has 0 aromatic carbocycles. The lowest BCUT2D eigenvalue weighted by Gasteiger charge is -2.27. The van der Waals surface area contributed by atoms with Crippen molar-refractivity contribution in [2.45, 2.75) is 25.9 Å². The van der Waals surface area contributed by atoms with E-state index < -0.39 is 5.60 Å². The number of rotatable bonds is 6. The van der Waals surface area contributed by atoms with Gasteiger partial charge in [-0.3, -0.25) is 9.59 Å². The van der Waals surface area contributed by atoms with Crippen molar-refractivity contribution in [1.29, 1.82) is 0 Å². The molecular weight excluding hydrogens is 246 g/mol. The van der Waals surface area contributed by atoms with Gasteiger partial charge in [0.2, 0.25) is 11.8 Å². The lowest BCUT2D eigenvalue weighted by Crippen LogP contribution is -2.48. The standard InChI is InChI=1S/C13H25N3O3/c1-5-16-7-10(6-11(16)17)12(18)14-8-13(2,19)9-15(3)4/h10,19H,5-9H2,1-4H3,(H,14,18). The summed E-state index contributed by atoms with van der Waals surface area (Å²) in [6.45, 7) is 5.38. The van der Waals surface area contributed by atoms with Gasteiger partial charge in [-0.2, -0.15) is 0 Å². The van der Waals surface area contributed by atoms with Crippen LogP contribution in [-0.4, -0.2) is 72.6 Å². The Balaban J connectivity index is 2.42. The van der Waals surface area contributed by atoms with Crippen molar-refractivity contribution >= 4 is 11.8 Å². The molecule has 0 bridgehead atoms. The Morgan fingerprint density at radius 2 is 2.21 bits per heavy atom. The van der Waals surface area contributed by atoms with Crippen molar-refractivity contribution in [3.05, 3.63) is 0 Å². The van der Waals surface area contributed by atoms with E-state index in [9.17, 15) is 14.7 Å². The van der Waals surface area contributed by atoms with Crippen LogP contribution in [0.25, 0.3) is 0 Å². The van der Waals surface area contributed by atoms with Crippen LogP contribution in [0.1, 0.15) is 20.3 Å². The monoisotopic (exact) mass is 271 g/mol. The summed E-state index contributed by atoms with van der Waals surface area (Å²) < 4.78 is 0. The first kappa shape index (κ1) is 15.9. The number of aliphatic hydroxyl groups is 1. The zero-order chi connectivity index (χ0) is 14.6. The summed E-state index contributed by atoms with van der Waals surface area (Å²) >= 11 is 0. The molecule has 110 valence electrons. The van der Waals surface area contributed by atoms with E-state index in [1.54, 1.807) is 11.8 Å². The van der Waals surface area contributed by atoms with E-state index in [2.05, 4.69) is 5.32 Å². The summed E-state index contributed by atoms with van der Waals surface area (Å²) in [4.78, 5) is 27.1. The number of hydrogen-bond acceptors (Lipinski definition) is 4. The molecule has 6 heteroatoms. The topological polar surface area (TPSA) is 72.9 Å². The van der Waals surface area contributed by atoms with Gasteiger partial charge in [-0.25, -0.2) is 0 Å². The molecule has 0 spiro atoms. The molecule has 0 saturated carbocycles. The molecule has 1 heterocycles. The molecular formula is C13H25N3O3. The minimum Gasteiger partial charge on any atom is -0.387 e. The molecule has 6 nitrogen and oxygen atoms in total. The third-order valence-corrected chi connectivity index (χ3v) is 3.27. The molecule has 0 aliphatic carbocycles. The van der Waals surface area contributed by atoms with Crippen LogP contribution >= 0.6 is 0 Å². The Morgan fingerprint density at radius 1 is 1.58 bits per heavy atom. The number of hydrogen-bond donors (Lipinski definition) is 2. The van der Waals surface area contributed by atoms with Crippen LogP contribution in [0.4, 0.5) is 0 Å². The molecule has 19 heavy (non-hydrogen) atoms. The van der Waals surface area contributed by atoms with Crippen molar-refractivity contribution in [1.82, 2.24) is 15.1 Å². The van der Waals surface area contributed by atoms with Gasteiger partial charge in [-0.15, -0.1) is 0 Å². The van der Waals surface area contributed by atoms with E-state index in [0.717, 1.165) is 0 Å². The number of carbonyl (C=O) groups is 2. The number of amides is 2. The highest BCUT2D eigenvalue weighted by Gasteiger charge is 2.34. The van der Waals surface area contributed by atoms with Crippen LogP contribution in [0.5, 0.6) is 0 Å². The quantitative estimate of drug-likeness (QED) is 0.669. The van der Waals surface area contributed by atoms with Gasteiger partial charge in [0.15, 0.2) is 0 Å². The minimum absolute atomic E-state index is 0.0303. The summed E-state index contributed by atoms with van der Waals surface area (Å²) in [5.41, 5.74) is -0.966. The van der Waals surface area contributed by atoms with E-state index in [0.29, 0.717) is 19.6 Å². The van der Waals surface area contributed by atoms with Crippen LogP contribution in [0, 0.1) is 5.92 Å². The average molecular weight is 271 g/mol. The SMILES string of the molecule is CCN1CC(C(=O)NCC(C)(O)CN(C)C)CC1=O. The maximum Gasteiger partial charge on any atom is 0.225 e. The Bertz CT molecular complexity index is 342. The van der Waals surface area contributed by atoms with Gasteiger partial charge in [0, 0.05) is 32.6 Å². The summed E-state index contributed by atoms with van der Waals surface area (Å²) in [7, 11) is 3.73. The van der Waals surface area contributed by atoms with Crippen molar-refractivity contribution in [3.63, 3.8) is 0 Å². The molecule has 0 aromatic rings. The molecule has 1 saturated heterocycles. The molecule has 1 aliphatic rings. The minimum atomic E-state index is -0.966. The molecule has 2 amide bonds. The van der Waals surface area contributed by atoms with Crippen molar-refractivity contribution in [2.75, 3.05) is 40.3 Å². The molecule has 0 aromatic heterocycles. The largest absolute Gasteiger partial charge is 0.387 e. The smallest absolute Gasteiger partial charge is 0.225 e. The van der Waals surface area contributed by atoms with E-state index in [1.165, 1.54) is 0 Å². The van der Waals surface area contributed by atoms with Crippen LogP contribution in [0.3, 0.4) is 0 Å². The summed E-state index contributed by atoms with van der Waals surface area (Å²) in [5.74, 6) is -0.409. The third-order valence-electron chi connectivity index (χ3n) is 3.27. The molecule has 1 fully saturated rings. The predicted molar refractivity (Wildman–Crippen MR) is 72.5 cm³/mol. The van der Waals surface area contributed by atoms with E-state index in [4.69, 9.17) is 0 Å². The zero-order valence-corrected chi connectivity index (χ0v) is 12.3. The first-order chi connectivity index (χ1) is 8.75. The Morgan fingerprint density at radius 3 is 2.68 bits per heavy atom. The van der Waals surface area contributed by atoms with Gasteiger partial charge >= 0.3 is 0 Å². The highest BCUT2D eigenvalue weighted by Crippen LogP contribution is 2.17. The summed E-state index contributed by atoms with van der Waals surface area (Å²) in [6, 6.07) is 0. The normalized spacial score (nSPS) is 22.7. The molecule has 2 N–H and O–H groups in total. The number of nitrogens with zero attached hydrogens (tertiary/aromatic N) is 2. The fraction of sp³-hybridized carbons (Fsp3) is 0.846. The average Bonchev–Trinajstić information content (AvgIpc) is 2.66. The summed E-state index contributed by atoms with van der Waals surface area (Å²) in [5, 5.41) is 12.8.